The third kappa shape index (κ3) is 3.68. The maximum Gasteiger partial charge on any atom is 0.175 e. The highest BCUT2D eigenvalue weighted by Gasteiger charge is 2.06. The molecule has 0 aromatic heterocycles. The van der Waals surface area contributed by atoms with Crippen molar-refractivity contribution in [3.63, 3.8) is 0 Å². The molecule has 4 nitrogen and oxygen atoms in total. The third-order valence-electron chi connectivity index (χ3n) is 2.63. The monoisotopic (exact) mass is 352 g/mol. The molecule has 0 radical (unpaired) electrons. The molecule has 0 amide bonds. The van der Waals surface area contributed by atoms with Gasteiger partial charge < -0.3 is 5.73 Å². The summed E-state index contributed by atoms with van der Waals surface area (Å²) in [7, 11) is -3.19. The van der Waals surface area contributed by atoms with Crippen molar-refractivity contribution in [2.24, 2.45) is 10.7 Å². The van der Waals surface area contributed by atoms with E-state index in [1.54, 1.807) is 12.1 Å². The summed E-state index contributed by atoms with van der Waals surface area (Å²) in [5.74, 6) is 0.374. The zero-order chi connectivity index (χ0) is 14.8. The van der Waals surface area contributed by atoms with Crippen LogP contribution in [0, 0.1) is 0 Å². The van der Waals surface area contributed by atoms with Gasteiger partial charge in [-0.15, -0.1) is 0 Å². The van der Waals surface area contributed by atoms with Crippen LogP contribution in [0.15, 0.2) is 62.9 Å². The third-order valence-corrected chi connectivity index (χ3v) is 4.26. The van der Waals surface area contributed by atoms with Crippen LogP contribution in [0.5, 0.6) is 0 Å². The average Bonchev–Trinajstić information content (AvgIpc) is 2.38. The second-order valence-electron chi connectivity index (χ2n) is 4.27. The van der Waals surface area contributed by atoms with Gasteiger partial charge in [-0.3, -0.25) is 0 Å². The summed E-state index contributed by atoms with van der Waals surface area (Å²) >= 11 is 3.37. The number of benzene rings is 2. The second kappa shape index (κ2) is 5.76. The normalized spacial score (nSPS) is 12.4. The van der Waals surface area contributed by atoms with Gasteiger partial charge in [0.15, 0.2) is 9.84 Å². The summed E-state index contributed by atoms with van der Waals surface area (Å²) in [4.78, 5) is 4.53. The number of rotatable bonds is 3. The number of nitrogens with two attached hydrogens (primary N) is 1. The van der Waals surface area contributed by atoms with Crippen LogP contribution in [-0.2, 0) is 9.84 Å². The van der Waals surface area contributed by atoms with Crippen molar-refractivity contribution in [3.8, 4) is 0 Å². The number of nitrogens with zero attached hydrogens (tertiary/aromatic N) is 1. The van der Waals surface area contributed by atoms with Crippen LogP contribution < -0.4 is 5.73 Å². The lowest BCUT2D eigenvalue weighted by atomic mass is 10.2. The maximum absolute atomic E-state index is 11.4. The van der Waals surface area contributed by atoms with E-state index in [-0.39, 0.29) is 4.90 Å². The van der Waals surface area contributed by atoms with Gasteiger partial charge in [0.1, 0.15) is 5.84 Å². The van der Waals surface area contributed by atoms with Crippen LogP contribution in [0.2, 0.25) is 0 Å². The number of amidine groups is 1. The molecule has 6 heteroatoms. The molecule has 2 aromatic rings. The lowest BCUT2D eigenvalue weighted by Gasteiger charge is -2.03. The standard InChI is InChI=1S/C14H13BrN2O2S/c1-20(18,19)13-7-5-12(6-8-13)17-14(16)10-3-2-4-11(15)9-10/h2-9H,1H3,(H2,16,17). The van der Waals surface area contributed by atoms with Gasteiger partial charge in [-0.1, -0.05) is 28.1 Å². The fraction of sp³-hybridized carbons (Fsp3) is 0.0714. The van der Waals surface area contributed by atoms with Crippen molar-refractivity contribution < 1.29 is 8.42 Å². The molecule has 0 aliphatic rings. The molecule has 2 aromatic carbocycles. The lowest BCUT2D eigenvalue weighted by molar-refractivity contribution is 0.602. The Kier molecular flexibility index (Phi) is 4.25. The molecule has 0 heterocycles. The number of hydrogen-bond acceptors (Lipinski definition) is 3. The van der Waals surface area contributed by atoms with Gasteiger partial charge >= 0.3 is 0 Å². The summed E-state index contributed by atoms with van der Waals surface area (Å²) in [5, 5.41) is 0. The van der Waals surface area contributed by atoms with Gasteiger partial charge in [0.05, 0.1) is 10.6 Å². The number of aliphatic imine (C=N–C) groups is 1. The van der Waals surface area contributed by atoms with E-state index in [4.69, 9.17) is 5.73 Å². The SMILES string of the molecule is CS(=O)(=O)c1ccc(N=C(N)c2cccc(Br)c2)cc1. The highest BCUT2D eigenvalue weighted by atomic mass is 79.9. The van der Waals surface area contributed by atoms with Crippen LogP contribution in [0.1, 0.15) is 5.56 Å². The number of halogens is 1. The van der Waals surface area contributed by atoms with Gasteiger partial charge in [-0.05, 0) is 36.4 Å². The first-order valence-corrected chi connectivity index (χ1v) is 8.45. The molecule has 0 fully saturated rings. The summed E-state index contributed by atoms with van der Waals surface area (Å²) in [6.45, 7) is 0. The van der Waals surface area contributed by atoms with Gasteiger partial charge in [0.25, 0.3) is 0 Å². The van der Waals surface area contributed by atoms with E-state index in [9.17, 15) is 8.42 Å². The van der Waals surface area contributed by atoms with E-state index >= 15 is 0 Å². The van der Waals surface area contributed by atoms with E-state index in [0.717, 1.165) is 10.0 Å². The zero-order valence-electron chi connectivity index (χ0n) is 10.7. The molecule has 0 saturated carbocycles. The first-order chi connectivity index (χ1) is 9.36. The van der Waals surface area contributed by atoms with Crippen LogP contribution in [0.3, 0.4) is 0 Å². The average molecular weight is 353 g/mol. The molecule has 0 aliphatic carbocycles. The Bertz CT molecular complexity index is 753. The van der Waals surface area contributed by atoms with E-state index in [2.05, 4.69) is 20.9 Å². The van der Waals surface area contributed by atoms with Crippen LogP contribution in [0.25, 0.3) is 0 Å². The Labute approximate surface area is 126 Å². The van der Waals surface area contributed by atoms with Crippen LogP contribution in [-0.4, -0.2) is 20.5 Å². The number of sulfone groups is 1. The minimum atomic E-state index is -3.19. The molecule has 2 rings (SSSR count). The fourth-order valence-corrected chi connectivity index (χ4v) is 2.65. The Hall–Kier alpha value is -1.66. The molecule has 20 heavy (non-hydrogen) atoms. The lowest BCUT2D eigenvalue weighted by Crippen LogP contribution is -2.12. The fourth-order valence-electron chi connectivity index (χ4n) is 1.62. The van der Waals surface area contributed by atoms with E-state index in [1.165, 1.54) is 18.4 Å². The molecule has 0 unspecified atom stereocenters. The minimum absolute atomic E-state index is 0.262. The van der Waals surface area contributed by atoms with Crippen molar-refractivity contribution in [1.82, 2.24) is 0 Å². The van der Waals surface area contributed by atoms with Gasteiger partial charge in [0, 0.05) is 16.3 Å². The molecule has 0 spiro atoms. The predicted octanol–water partition coefficient (Wildman–Crippen LogP) is 2.89. The first kappa shape index (κ1) is 14.7. The van der Waals surface area contributed by atoms with Gasteiger partial charge in [0.2, 0.25) is 0 Å². The highest BCUT2D eigenvalue weighted by molar-refractivity contribution is 9.10. The Morgan fingerprint density at radius 2 is 1.80 bits per heavy atom. The van der Waals surface area contributed by atoms with Gasteiger partial charge in [-0.2, -0.15) is 0 Å². The first-order valence-electron chi connectivity index (χ1n) is 5.76. The smallest absolute Gasteiger partial charge is 0.175 e. The molecule has 0 aliphatic heterocycles. The van der Waals surface area contributed by atoms with Crippen molar-refractivity contribution in [1.29, 1.82) is 0 Å². The summed E-state index contributed by atoms with van der Waals surface area (Å²) in [6, 6.07) is 13.8. The van der Waals surface area contributed by atoms with Crippen molar-refractivity contribution in [3.05, 3.63) is 58.6 Å². The maximum atomic E-state index is 11.4. The highest BCUT2D eigenvalue weighted by Crippen LogP contribution is 2.18. The minimum Gasteiger partial charge on any atom is -0.383 e. The van der Waals surface area contributed by atoms with Crippen molar-refractivity contribution >= 4 is 37.3 Å². The molecule has 0 atom stereocenters. The van der Waals surface area contributed by atoms with Crippen molar-refractivity contribution in [2.75, 3.05) is 6.26 Å². The molecule has 2 N–H and O–H groups in total. The van der Waals surface area contributed by atoms with Crippen LogP contribution >= 0.6 is 15.9 Å². The molecular formula is C14H13BrN2O2S. The quantitative estimate of drug-likeness (QED) is 0.681. The molecule has 104 valence electrons. The Morgan fingerprint density at radius 3 is 2.35 bits per heavy atom. The molecule has 0 bridgehead atoms. The molecular weight excluding hydrogens is 340 g/mol. The summed E-state index contributed by atoms with van der Waals surface area (Å²) in [6.07, 6.45) is 1.17. The van der Waals surface area contributed by atoms with E-state index in [1.807, 2.05) is 24.3 Å². The zero-order valence-corrected chi connectivity index (χ0v) is 13.1. The Balaban J connectivity index is 2.31. The second-order valence-corrected chi connectivity index (χ2v) is 7.20. The van der Waals surface area contributed by atoms with Gasteiger partial charge in [-0.25, -0.2) is 13.4 Å². The predicted molar refractivity (Wildman–Crippen MR) is 84.1 cm³/mol. The summed E-state index contributed by atoms with van der Waals surface area (Å²) in [5.41, 5.74) is 7.33. The topological polar surface area (TPSA) is 72.5 Å². The van der Waals surface area contributed by atoms with E-state index in [0.29, 0.717) is 11.5 Å². The van der Waals surface area contributed by atoms with E-state index < -0.39 is 9.84 Å². The number of hydrogen-bond donors (Lipinski definition) is 1. The summed E-state index contributed by atoms with van der Waals surface area (Å²) < 4.78 is 23.6. The van der Waals surface area contributed by atoms with Crippen molar-refractivity contribution in [2.45, 2.75) is 4.90 Å². The molecule has 0 saturated heterocycles. The van der Waals surface area contributed by atoms with Crippen LogP contribution in [0.4, 0.5) is 5.69 Å². The largest absolute Gasteiger partial charge is 0.383 e. The Morgan fingerprint density at radius 1 is 1.15 bits per heavy atom.